The van der Waals surface area contributed by atoms with Crippen molar-refractivity contribution in [1.29, 1.82) is 0 Å². The van der Waals surface area contributed by atoms with Crippen LogP contribution in [0.15, 0.2) is 48.7 Å². The van der Waals surface area contributed by atoms with Crippen LogP contribution < -0.4 is 9.75 Å². The van der Waals surface area contributed by atoms with Gasteiger partial charge in [-0.3, -0.25) is 0 Å². The van der Waals surface area contributed by atoms with Gasteiger partial charge < -0.3 is 0 Å². The van der Waals surface area contributed by atoms with Gasteiger partial charge in [0.2, 0.25) is 5.69 Å². The molecule has 0 saturated heterocycles. The molecule has 0 radical (unpaired) electrons. The Bertz CT molecular complexity index is 1050. The predicted molar refractivity (Wildman–Crippen MR) is 135 cm³/mol. The van der Waals surface area contributed by atoms with Gasteiger partial charge in [0.15, 0.2) is 6.20 Å². The highest BCUT2D eigenvalue weighted by Gasteiger charge is 2.42. The molecule has 0 fully saturated rings. The van der Waals surface area contributed by atoms with Gasteiger partial charge in [0, 0.05) is 11.6 Å². The summed E-state index contributed by atoms with van der Waals surface area (Å²) in [6, 6.07) is 19.2. The van der Waals surface area contributed by atoms with Gasteiger partial charge in [0.25, 0.3) is 0 Å². The Hall–Kier alpha value is -1.93. The standard InChI is InChI=1S/C28H40NSi/c1-10-30(11-2,28(6,7)8)24-14-15-25-23(18-24)16-17-29(9)27(25)26-19-22(20(3)4)13-12-21(26)5/h12-20H,10-11H2,1-9H3/q+1. The molecule has 0 N–H and O–H groups in total. The summed E-state index contributed by atoms with van der Waals surface area (Å²) in [5.41, 5.74) is 5.43. The van der Waals surface area contributed by atoms with E-state index in [0.29, 0.717) is 11.0 Å². The van der Waals surface area contributed by atoms with Crippen LogP contribution in [0.3, 0.4) is 0 Å². The zero-order valence-electron chi connectivity index (χ0n) is 20.6. The average molecular weight is 419 g/mol. The fourth-order valence-electron chi connectivity index (χ4n) is 5.41. The van der Waals surface area contributed by atoms with E-state index in [9.17, 15) is 0 Å². The van der Waals surface area contributed by atoms with E-state index < -0.39 is 8.07 Å². The number of aromatic nitrogens is 1. The van der Waals surface area contributed by atoms with E-state index in [4.69, 9.17) is 0 Å². The molecule has 3 rings (SSSR count). The van der Waals surface area contributed by atoms with Crippen LogP contribution >= 0.6 is 0 Å². The number of hydrogen-bond acceptors (Lipinski definition) is 0. The molecule has 2 heteroatoms. The SMILES string of the molecule is CC[Si](CC)(c1ccc2c(-c3cc(C(C)C)ccc3C)[n+](C)ccc2c1)C(C)(C)C. The molecule has 1 aromatic heterocycles. The Morgan fingerprint density at radius 2 is 1.60 bits per heavy atom. The van der Waals surface area contributed by atoms with Crippen LogP contribution in [0.5, 0.6) is 0 Å². The summed E-state index contributed by atoms with van der Waals surface area (Å²) in [5.74, 6) is 0.531. The van der Waals surface area contributed by atoms with Crippen LogP contribution in [0.1, 0.15) is 65.5 Å². The van der Waals surface area contributed by atoms with Gasteiger partial charge >= 0.3 is 0 Å². The smallest absolute Gasteiger partial charge is 0.200 e. The molecule has 0 amide bonds. The molecule has 1 nitrogen and oxygen atoms in total. The largest absolute Gasteiger partial charge is 0.220 e. The van der Waals surface area contributed by atoms with Gasteiger partial charge in [-0.15, -0.1) is 0 Å². The van der Waals surface area contributed by atoms with Crippen LogP contribution in [-0.2, 0) is 7.05 Å². The molecular formula is C28H40NSi+. The Labute approximate surface area is 185 Å². The Kier molecular flexibility index (Phi) is 6.29. The van der Waals surface area contributed by atoms with Gasteiger partial charge in [-0.2, -0.15) is 0 Å². The summed E-state index contributed by atoms with van der Waals surface area (Å²) in [5, 5.41) is 4.70. The molecule has 0 aliphatic heterocycles. The van der Waals surface area contributed by atoms with E-state index in [1.54, 1.807) is 5.19 Å². The van der Waals surface area contributed by atoms with Crippen molar-refractivity contribution in [3.05, 3.63) is 59.8 Å². The highest BCUT2D eigenvalue weighted by Crippen LogP contribution is 2.41. The molecule has 1 heterocycles. The van der Waals surface area contributed by atoms with E-state index in [1.807, 2.05) is 0 Å². The lowest BCUT2D eigenvalue weighted by molar-refractivity contribution is -0.659. The Morgan fingerprint density at radius 3 is 2.17 bits per heavy atom. The summed E-state index contributed by atoms with van der Waals surface area (Å²) < 4.78 is 2.29. The summed E-state index contributed by atoms with van der Waals surface area (Å²) >= 11 is 0. The van der Waals surface area contributed by atoms with Crippen LogP contribution in [0.25, 0.3) is 22.0 Å². The van der Waals surface area contributed by atoms with Gasteiger partial charge in [-0.25, -0.2) is 4.57 Å². The van der Waals surface area contributed by atoms with Gasteiger partial charge in [0.1, 0.15) is 7.05 Å². The molecule has 0 aliphatic carbocycles. The second-order valence-electron chi connectivity index (χ2n) is 10.3. The molecule has 0 atom stereocenters. The van der Waals surface area contributed by atoms with Crippen LogP contribution in [0.4, 0.5) is 0 Å². The quantitative estimate of drug-likeness (QED) is 0.303. The zero-order chi connectivity index (χ0) is 22.3. The second-order valence-corrected chi connectivity index (χ2v) is 16.0. The lowest BCUT2D eigenvalue weighted by Crippen LogP contribution is -2.53. The van der Waals surface area contributed by atoms with Gasteiger partial charge in [-0.1, -0.05) is 90.0 Å². The molecule has 3 aromatic rings. The predicted octanol–water partition coefficient (Wildman–Crippen LogP) is 7.26. The van der Waals surface area contributed by atoms with Crippen molar-refractivity contribution in [3.63, 3.8) is 0 Å². The van der Waals surface area contributed by atoms with E-state index in [1.165, 1.54) is 45.2 Å². The highest BCUT2D eigenvalue weighted by molar-refractivity contribution is 6.94. The first kappa shape index (κ1) is 22.7. The molecule has 0 bridgehead atoms. The summed E-state index contributed by atoms with van der Waals surface area (Å²) in [6.45, 7) is 18.9. The van der Waals surface area contributed by atoms with Crippen molar-refractivity contribution in [2.45, 2.75) is 78.4 Å². The maximum Gasteiger partial charge on any atom is 0.220 e. The first-order valence-electron chi connectivity index (χ1n) is 11.6. The fourth-order valence-corrected chi connectivity index (χ4v) is 10.5. The first-order chi connectivity index (χ1) is 14.1. The molecule has 0 unspecified atom stereocenters. The third-order valence-corrected chi connectivity index (χ3v) is 14.2. The number of pyridine rings is 1. The Balaban J connectivity index is 2.28. The van der Waals surface area contributed by atoms with E-state index >= 15 is 0 Å². The third kappa shape index (κ3) is 3.75. The minimum Gasteiger partial charge on any atom is -0.200 e. The van der Waals surface area contributed by atoms with Crippen LogP contribution in [0.2, 0.25) is 17.1 Å². The lowest BCUT2D eigenvalue weighted by atomic mass is 9.94. The normalized spacial score (nSPS) is 12.7. The number of rotatable bonds is 5. The second kappa shape index (κ2) is 8.30. The van der Waals surface area contributed by atoms with Crippen molar-refractivity contribution in [1.82, 2.24) is 0 Å². The molecule has 160 valence electrons. The van der Waals surface area contributed by atoms with Crippen molar-refractivity contribution >= 4 is 24.0 Å². The summed E-state index contributed by atoms with van der Waals surface area (Å²) in [4.78, 5) is 0. The number of benzene rings is 2. The van der Waals surface area contributed by atoms with Crippen molar-refractivity contribution in [3.8, 4) is 11.3 Å². The molecule has 0 saturated carbocycles. The minimum absolute atomic E-state index is 0.356. The first-order valence-corrected chi connectivity index (χ1v) is 14.0. The Morgan fingerprint density at radius 1 is 0.933 bits per heavy atom. The molecule has 30 heavy (non-hydrogen) atoms. The highest BCUT2D eigenvalue weighted by atomic mass is 28.3. The number of nitrogens with zero attached hydrogens (tertiary/aromatic N) is 1. The maximum absolute atomic E-state index is 2.52. The maximum atomic E-state index is 2.52. The van der Waals surface area contributed by atoms with Crippen LogP contribution in [-0.4, -0.2) is 8.07 Å². The van der Waals surface area contributed by atoms with Crippen molar-refractivity contribution < 1.29 is 4.57 Å². The summed E-state index contributed by atoms with van der Waals surface area (Å²) in [7, 11) is 0.587. The topological polar surface area (TPSA) is 3.88 Å². The number of hydrogen-bond donors (Lipinski definition) is 0. The number of fused-ring (bicyclic) bond motifs is 1. The third-order valence-electron chi connectivity index (χ3n) is 7.52. The number of aryl methyl sites for hydroxylation is 2. The molecule has 0 spiro atoms. The fraction of sp³-hybridized carbons (Fsp3) is 0.464. The average Bonchev–Trinajstić information content (AvgIpc) is 2.69. The molecule has 0 aliphatic rings. The van der Waals surface area contributed by atoms with E-state index in [0.717, 1.165) is 0 Å². The van der Waals surface area contributed by atoms with E-state index in [-0.39, 0.29) is 0 Å². The molecular weight excluding hydrogens is 378 g/mol. The van der Waals surface area contributed by atoms with Gasteiger partial charge in [0.05, 0.1) is 13.5 Å². The van der Waals surface area contributed by atoms with Crippen molar-refractivity contribution in [2.24, 2.45) is 7.05 Å². The monoisotopic (exact) mass is 418 g/mol. The minimum atomic E-state index is -1.59. The zero-order valence-corrected chi connectivity index (χ0v) is 21.6. The van der Waals surface area contributed by atoms with Crippen LogP contribution in [0, 0.1) is 6.92 Å². The van der Waals surface area contributed by atoms with Gasteiger partial charge in [-0.05, 0) is 46.5 Å². The lowest BCUT2D eigenvalue weighted by Gasteiger charge is -2.42. The molecule has 2 aromatic carbocycles. The van der Waals surface area contributed by atoms with E-state index in [2.05, 4.69) is 116 Å². The summed E-state index contributed by atoms with van der Waals surface area (Å²) in [6.07, 6.45) is 2.24. The van der Waals surface area contributed by atoms with Crippen molar-refractivity contribution in [2.75, 3.05) is 0 Å².